The molecule has 3 aliphatic heterocycles. The van der Waals surface area contributed by atoms with Gasteiger partial charge in [-0.3, -0.25) is 14.5 Å². The second kappa shape index (κ2) is 11.2. The van der Waals surface area contributed by atoms with Crippen molar-refractivity contribution in [2.75, 3.05) is 39.3 Å². The van der Waals surface area contributed by atoms with Gasteiger partial charge in [-0.1, -0.05) is 12.1 Å². The van der Waals surface area contributed by atoms with E-state index in [4.69, 9.17) is 0 Å². The summed E-state index contributed by atoms with van der Waals surface area (Å²) < 4.78 is 97.4. The molecule has 13 heteroatoms. The normalized spacial score (nSPS) is 28.8. The molecule has 218 valence electrons. The summed E-state index contributed by atoms with van der Waals surface area (Å²) in [6.07, 6.45) is -9.68. The van der Waals surface area contributed by atoms with Gasteiger partial charge in [0.05, 0.1) is 18.4 Å². The first kappa shape index (κ1) is 29.6. The Kier molecular flexibility index (Phi) is 8.51. The maximum absolute atomic E-state index is 14.7. The Bertz CT molecular complexity index is 1010. The van der Waals surface area contributed by atoms with E-state index >= 15 is 0 Å². The Balaban J connectivity index is 1.80. The summed E-state index contributed by atoms with van der Waals surface area (Å²) in [5.74, 6) is -6.11. The number of benzene rings is 1. The van der Waals surface area contributed by atoms with Crippen LogP contribution in [0, 0.1) is 24.6 Å². The molecule has 5 atom stereocenters. The zero-order valence-electron chi connectivity index (χ0n) is 21.4. The van der Waals surface area contributed by atoms with Gasteiger partial charge in [-0.05, 0) is 49.8 Å². The number of nitrogens with zero attached hydrogens (tertiary/aromatic N) is 3. The molecule has 0 aromatic heterocycles. The van der Waals surface area contributed by atoms with Gasteiger partial charge in [-0.15, -0.1) is 0 Å². The molecule has 3 aliphatic rings. The molecule has 1 N–H and O–H groups in total. The Morgan fingerprint density at radius 1 is 0.897 bits per heavy atom. The molecule has 1 aromatic rings. The van der Waals surface area contributed by atoms with Crippen LogP contribution in [0.2, 0.25) is 0 Å². The molecule has 3 heterocycles. The van der Waals surface area contributed by atoms with Crippen LogP contribution in [0.15, 0.2) is 18.2 Å². The quantitative estimate of drug-likeness (QED) is 0.549. The third-order valence-electron chi connectivity index (χ3n) is 8.32. The van der Waals surface area contributed by atoms with Crippen molar-refractivity contribution in [1.29, 1.82) is 0 Å². The number of hydrogen-bond donors (Lipinski definition) is 1. The van der Waals surface area contributed by atoms with Gasteiger partial charge in [-0.2, -0.15) is 26.3 Å². The van der Waals surface area contributed by atoms with Crippen LogP contribution >= 0.6 is 0 Å². The molecule has 0 aliphatic carbocycles. The van der Waals surface area contributed by atoms with Gasteiger partial charge in [0.1, 0.15) is 17.9 Å². The molecule has 2 amide bonds. The molecule has 1 unspecified atom stereocenters. The molecule has 0 bridgehead atoms. The van der Waals surface area contributed by atoms with E-state index < -0.39 is 66.4 Å². The standard InChI is InChI=1S/C26H32F7N3O3/c1-15-16(5-2-6-19(15)27)22-17(23(38)35-9-3-7-20(35)25(28,29)30)13-34(11-12-37)14-18(22)24(39)36-10-4-8-21(36)26(31,32)33/h2,5-6,17-18,20-22,37H,3-4,7-14H2,1H3/t17-,18+,20-,21-,22?/m1/s1. The zero-order valence-corrected chi connectivity index (χ0v) is 21.4. The largest absolute Gasteiger partial charge is 0.408 e. The summed E-state index contributed by atoms with van der Waals surface area (Å²) in [7, 11) is 0. The molecule has 4 rings (SSSR count). The summed E-state index contributed by atoms with van der Waals surface area (Å²) in [6, 6.07) is -0.0522. The smallest absolute Gasteiger partial charge is 0.395 e. The fraction of sp³-hybridized carbons (Fsp3) is 0.692. The number of piperidine rings is 1. The molecule has 0 spiro atoms. The van der Waals surface area contributed by atoms with Crippen molar-refractivity contribution in [3.05, 3.63) is 35.1 Å². The number of halogens is 7. The van der Waals surface area contributed by atoms with Crippen molar-refractivity contribution in [2.24, 2.45) is 11.8 Å². The van der Waals surface area contributed by atoms with E-state index in [-0.39, 0.29) is 69.5 Å². The number of amides is 2. The predicted octanol–water partition coefficient (Wildman–Crippen LogP) is 3.86. The van der Waals surface area contributed by atoms with Crippen LogP contribution in [0.4, 0.5) is 30.7 Å². The van der Waals surface area contributed by atoms with Crippen LogP contribution in [-0.4, -0.2) is 95.4 Å². The minimum absolute atomic E-state index is 0.0339. The van der Waals surface area contributed by atoms with Gasteiger partial charge in [0.2, 0.25) is 11.8 Å². The van der Waals surface area contributed by atoms with E-state index in [1.807, 2.05) is 0 Å². The van der Waals surface area contributed by atoms with Crippen LogP contribution < -0.4 is 0 Å². The number of β-amino-alcohol motifs (C(OH)–C–C–N with tert-alkyl or cyclic N) is 1. The van der Waals surface area contributed by atoms with E-state index in [1.54, 1.807) is 0 Å². The van der Waals surface area contributed by atoms with Gasteiger partial charge >= 0.3 is 12.4 Å². The minimum Gasteiger partial charge on any atom is -0.395 e. The van der Waals surface area contributed by atoms with Gasteiger partial charge < -0.3 is 14.9 Å². The molecule has 6 nitrogen and oxygen atoms in total. The van der Waals surface area contributed by atoms with Crippen molar-refractivity contribution < 1.29 is 45.4 Å². The lowest BCUT2D eigenvalue weighted by Gasteiger charge is -2.46. The van der Waals surface area contributed by atoms with Crippen molar-refractivity contribution >= 4 is 11.8 Å². The SMILES string of the molecule is Cc1c(F)cccc1C1[C@@H](C(=O)N2CCC[C@@H]2C(F)(F)F)CN(CCO)C[C@H]1C(=O)N1CCC[C@@H]1C(F)(F)F. The minimum atomic E-state index is -4.68. The number of carbonyl (C=O) groups excluding carboxylic acids is 2. The van der Waals surface area contributed by atoms with Crippen LogP contribution in [0.3, 0.4) is 0 Å². The lowest BCUT2D eigenvalue weighted by Crippen LogP contribution is -2.58. The number of aliphatic hydroxyl groups excluding tert-OH is 1. The lowest BCUT2D eigenvalue weighted by molar-refractivity contribution is -0.188. The third kappa shape index (κ3) is 5.89. The van der Waals surface area contributed by atoms with Crippen LogP contribution in [0.5, 0.6) is 0 Å². The number of aliphatic hydroxyl groups is 1. The first-order valence-electron chi connectivity index (χ1n) is 13.1. The van der Waals surface area contributed by atoms with Gasteiger partial charge in [-0.25, -0.2) is 4.39 Å². The van der Waals surface area contributed by atoms with Crippen LogP contribution in [-0.2, 0) is 9.59 Å². The number of alkyl halides is 6. The third-order valence-corrected chi connectivity index (χ3v) is 8.32. The predicted molar refractivity (Wildman–Crippen MR) is 126 cm³/mol. The number of rotatable bonds is 5. The molecule has 39 heavy (non-hydrogen) atoms. The monoisotopic (exact) mass is 567 g/mol. The first-order valence-corrected chi connectivity index (χ1v) is 13.1. The average Bonchev–Trinajstić information content (AvgIpc) is 3.55. The van der Waals surface area contributed by atoms with Crippen molar-refractivity contribution in [1.82, 2.24) is 14.7 Å². The molecular formula is C26H32F7N3O3. The maximum atomic E-state index is 14.7. The van der Waals surface area contributed by atoms with Crippen LogP contribution in [0.1, 0.15) is 42.7 Å². The highest BCUT2D eigenvalue weighted by atomic mass is 19.4. The van der Waals surface area contributed by atoms with E-state index in [0.29, 0.717) is 0 Å². The Morgan fingerprint density at radius 3 is 1.82 bits per heavy atom. The summed E-state index contributed by atoms with van der Waals surface area (Å²) in [4.78, 5) is 30.7. The highest BCUT2D eigenvalue weighted by Gasteiger charge is 2.55. The second-order valence-electron chi connectivity index (χ2n) is 10.6. The Morgan fingerprint density at radius 2 is 1.38 bits per heavy atom. The number of likely N-dealkylation sites (tertiary alicyclic amines) is 3. The van der Waals surface area contributed by atoms with Gasteiger partial charge in [0.25, 0.3) is 0 Å². The Hall–Kier alpha value is -2.41. The number of hydrogen-bond acceptors (Lipinski definition) is 4. The molecule has 1 aromatic carbocycles. The van der Waals surface area contributed by atoms with Crippen molar-refractivity contribution in [3.8, 4) is 0 Å². The van der Waals surface area contributed by atoms with E-state index in [0.717, 1.165) is 15.9 Å². The Labute approximate surface area is 221 Å². The highest BCUT2D eigenvalue weighted by molar-refractivity contribution is 5.86. The molecule has 0 radical (unpaired) electrons. The molecule has 3 saturated heterocycles. The summed E-state index contributed by atoms with van der Waals surface area (Å²) in [5.41, 5.74) is 0.289. The highest BCUT2D eigenvalue weighted by Crippen LogP contribution is 2.44. The average molecular weight is 568 g/mol. The van der Waals surface area contributed by atoms with Gasteiger partial charge in [0.15, 0.2) is 0 Å². The van der Waals surface area contributed by atoms with E-state index in [2.05, 4.69) is 0 Å². The van der Waals surface area contributed by atoms with Crippen LogP contribution in [0.25, 0.3) is 0 Å². The molecular weight excluding hydrogens is 535 g/mol. The molecule has 0 saturated carbocycles. The number of carbonyl (C=O) groups is 2. The summed E-state index contributed by atoms with van der Waals surface area (Å²) in [5, 5.41) is 9.57. The topological polar surface area (TPSA) is 64.1 Å². The van der Waals surface area contributed by atoms with E-state index in [1.165, 1.54) is 24.0 Å². The lowest BCUT2D eigenvalue weighted by atomic mass is 9.71. The first-order chi connectivity index (χ1) is 18.3. The zero-order chi connectivity index (χ0) is 28.7. The fourth-order valence-corrected chi connectivity index (χ4v) is 6.51. The fourth-order valence-electron chi connectivity index (χ4n) is 6.51. The van der Waals surface area contributed by atoms with Gasteiger partial charge in [0, 0.05) is 38.6 Å². The second-order valence-corrected chi connectivity index (χ2v) is 10.6. The van der Waals surface area contributed by atoms with Crippen molar-refractivity contribution in [2.45, 2.75) is 63.0 Å². The van der Waals surface area contributed by atoms with E-state index in [9.17, 15) is 45.4 Å². The maximum Gasteiger partial charge on any atom is 0.408 e. The summed E-state index contributed by atoms with van der Waals surface area (Å²) in [6.45, 7) is 0.408. The summed E-state index contributed by atoms with van der Waals surface area (Å²) >= 11 is 0. The van der Waals surface area contributed by atoms with Crippen molar-refractivity contribution in [3.63, 3.8) is 0 Å². The molecule has 3 fully saturated rings.